The smallest absolute Gasteiger partial charge is 0.0698 e. The van der Waals surface area contributed by atoms with Gasteiger partial charge < -0.3 is 4.74 Å². The van der Waals surface area contributed by atoms with Crippen molar-refractivity contribution in [1.29, 1.82) is 0 Å². The molecule has 60 valence electrons. The molecule has 0 radical (unpaired) electrons. The van der Waals surface area contributed by atoms with E-state index in [1.54, 1.807) is 0 Å². The number of alkyl halides is 1. The van der Waals surface area contributed by atoms with Gasteiger partial charge in [-0.05, 0) is 26.7 Å². The molecule has 0 unspecified atom stereocenters. The normalized spacial score (nSPS) is 38.4. The van der Waals surface area contributed by atoms with E-state index in [9.17, 15) is 0 Å². The Balaban J connectivity index is 2.52. The predicted molar refractivity (Wildman–Crippen MR) is 51.7 cm³/mol. The van der Waals surface area contributed by atoms with E-state index in [0.29, 0.717) is 6.10 Å². The highest BCUT2D eigenvalue weighted by molar-refractivity contribution is 14.1. The van der Waals surface area contributed by atoms with E-state index in [4.69, 9.17) is 4.74 Å². The van der Waals surface area contributed by atoms with Crippen LogP contribution in [0.5, 0.6) is 0 Å². The van der Waals surface area contributed by atoms with Gasteiger partial charge in [-0.2, -0.15) is 0 Å². The second kappa shape index (κ2) is 2.97. The molecule has 0 aliphatic carbocycles. The maximum atomic E-state index is 5.80. The average molecular weight is 254 g/mol. The number of hydrogen-bond acceptors (Lipinski definition) is 1. The van der Waals surface area contributed by atoms with Crippen LogP contribution in [0.4, 0.5) is 0 Å². The molecule has 0 N–H and O–H groups in total. The fraction of sp³-hybridized carbons (Fsp3) is 1.00. The summed E-state index contributed by atoms with van der Waals surface area (Å²) < 4.78 is 6.52. The number of ether oxygens (including phenoxy) is 1. The molecule has 1 aliphatic heterocycles. The molecule has 1 fully saturated rings. The number of halogens is 1. The van der Waals surface area contributed by atoms with Crippen LogP contribution in [0, 0.1) is 0 Å². The lowest BCUT2D eigenvalue weighted by Gasteiger charge is -2.17. The van der Waals surface area contributed by atoms with Gasteiger partial charge in [-0.25, -0.2) is 0 Å². The van der Waals surface area contributed by atoms with Gasteiger partial charge in [-0.3, -0.25) is 0 Å². The summed E-state index contributed by atoms with van der Waals surface area (Å²) in [6.07, 6.45) is 2.85. The zero-order chi connectivity index (χ0) is 7.78. The van der Waals surface area contributed by atoms with Crippen molar-refractivity contribution in [3.63, 3.8) is 0 Å². The minimum atomic E-state index is 0.131. The highest BCUT2D eigenvalue weighted by Crippen LogP contribution is 2.35. The van der Waals surface area contributed by atoms with Crippen LogP contribution in [0.25, 0.3) is 0 Å². The summed E-state index contributed by atoms with van der Waals surface area (Å²) in [6.45, 7) is 6.54. The third-order valence-corrected chi connectivity index (χ3v) is 3.21. The molecule has 1 aliphatic rings. The van der Waals surface area contributed by atoms with Crippen LogP contribution in [-0.4, -0.2) is 15.6 Å². The molecule has 2 atom stereocenters. The summed E-state index contributed by atoms with van der Waals surface area (Å²) in [5.41, 5.74) is 0.131. The number of hydrogen-bond donors (Lipinski definition) is 0. The first kappa shape index (κ1) is 8.78. The molecule has 0 aromatic carbocycles. The second-order valence-corrected chi connectivity index (χ2v) is 5.14. The highest BCUT2D eigenvalue weighted by atomic mass is 127. The Morgan fingerprint density at radius 2 is 2.20 bits per heavy atom. The van der Waals surface area contributed by atoms with Crippen molar-refractivity contribution in [1.82, 2.24) is 0 Å². The summed E-state index contributed by atoms with van der Waals surface area (Å²) in [6, 6.07) is 0. The molecule has 0 saturated carbocycles. The lowest BCUT2D eigenvalue weighted by atomic mass is 10.1. The average Bonchev–Trinajstić information content (AvgIpc) is 2.05. The SMILES string of the molecule is CC[C@H]1OC(C)(C)C[C@@H]1I. The molecule has 0 amide bonds. The third kappa shape index (κ3) is 1.84. The standard InChI is InChI=1S/C8H15IO/c1-4-7-6(9)5-8(2,3)10-7/h6-7H,4-5H2,1-3H3/t6-,7+/m0/s1. The van der Waals surface area contributed by atoms with Gasteiger partial charge in [-0.15, -0.1) is 0 Å². The molecule has 1 nitrogen and oxygen atoms in total. The molecular weight excluding hydrogens is 239 g/mol. The molecule has 10 heavy (non-hydrogen) atoms. The third-order valence-electron chi connectivity index (χ3n) is 1.96. The van der Waals surface area contributed by atoms with Crippen LogP contribution in [0.2, 0.25) is 0 Å². The minimum absolute atomic E-state index is 0.131. The Kier molecular flexibility index (Phi) is 2.61. The van der Waals surface area contributed by atoms with Crippen LogP contribution in [0.15, 0.2) is 0 Å². The van der Waals surface area contributed by atoms with Gasteiger partial charge in [-0.1, -0.05) is 29.5 Å². The highest BCUT2D eigenvalue weighted by Gasteiger charge is 2.37. The van der Waals surface area contributed by atoms with Gasteiger partial charge in [0, 0.05) is 3.92 Å². The van der Waals surface area contributed by atoms with Gasteiger partial charge >= 0.3 is 0 Å². The summed E-state index contributed by atoms with van der Waals surface area (Å²) in [5, 5.41) is 0. The molecule has 1 heterocycles. The summed E-state index contributed by atoms with van der Waals surface area (Å²) in [4.78, 5) is 0. The van der Waals surface area contributed by atoms with Crippen LogP contribution >= 0.6 is 22.6 Å². The summed E-state index contributed by atoms with van der Waals surface area (Å²) in [7, 11) is 0. The maximum absolute atomic E-state index is 5.80. The van der Waals surface area contributed by atoms with E-state index in [2.05, 4.69) is 43.4 Å². The fourth-order valence-electron chi connectivity index (χ4n) is 1.47. The van der Waals surface area contributed by atoms with Crippen molar-refractivity contribution in [2.24, 2.45) is 0 Å². The largest absolute Gasteiger partial charge is 0.371 e. The number of rotatable bonds is 1. The van der Waals surface area contributed by atoms with E-state index in [0.717, 1.165) is 10.3 Å². The summed E-state index contributed by atoms with van der Waals surface area (Å²) in [5.74, 6) is 0. The molecule has 0 aromatic rings. The quantitative estimate of drug-likeness (QED) is 0.516. The molecule has 0 bridgehead atoms. The van der Waals surface area contributed by atoms with E-state index in [1.807, 2.05) is 0 Å². The zero-order valence-electron chi connectivity index (χ0n) is 6.86. The van der Waals surface area contributed by atoms with Crippen molar-refractivity contribution >= 4 is 22.6 Å². The maximum Gasteiger partial charge on any atom is 0.0698 e. The Morgan fingerprint density at radius 1 is 1.60 bits per heavy atom. The van der Waals surface area contributed by atoms with E-state index < -0.39 is 0 Å². The van der Waals surface area contributed by atoms with E-state index in [-0.39, 0.29) is 5.60 Å². The van der Waals surface area contributed by atoms with Gasteiger partial charge in [0.25, 0.3) is 0 Å². The van der Waals surface area contributed by atoms with Gasteiger partial charge in [0.15, 0.2) is 0 Å². The Bertz CT molecular complexity index is 122. The van der Waals surface area contributed by atoms with E-state index >= 15 is 0 Å². The van der Waals surface area contributed by atoms with Crippen molar-refractivity contribution in [2.75, 3.05) is 0 Å². The first-order chi connectivity index (χ1) is 4.55. The van der Waals surface area contributed by atoms with Crippen LogP contribution in [0.3, 0.4) is 0 Å². The molecule has 1 rings (SSSR count). The second-order valence-electron chi connectivity index (χ2n) is 3.54. The molecule has 0 aromatic heterocycles. The van der Waals surface area contributed by atoms with Crippen LogP contribution < -0.4 is 0 Å². The fourth-order valence-corrected chi connectivity index (χ4v) is 3.19. The molecule has 0 spiro atoms. The van der Waals surface area contributed by atoms with Gasteiger partial charge in [0.1, 0.15) is 0 Å². The predicted octanol–water partition coefficient (Wildman–Crippen LogP) is 2.77. The van der Waals surface area contributed by atoms with Crippen LogP contribution in [0.1, 0.15) is 33.6 Å². The molecule has 1 saturated heterocycles. The first-order valence-corrected chi connectivity index (χ1v) is 5.11. The van der Waals surface area contributed by atoms with Gasteiger partial charge in [0.2, 0.25) is 0 Å². The molecule has 2 heteroatoms. The van der Waals surface area contributed by atoms with E-state index in [1.165, 1.54) is 6.42 Å². The Labute approximate surface area is 76.7 Å². The topological polar surface area (TPSA) is 9.23 Å². The Morgan fingerprint density at radius 3 is 2.40 bits per heavy atom. The monoisotopic (exact) mass is 254 g/mol. The first-order valence-electron chi connectivity index (χ1n) is 3.87. The zero-order valence-corrected chi connectivity index (χ0v) is 9.01. The van der Waals surface area contributed by atoms with Crippen molar-refractivity contribution in [3.8, 4) is 0 Å². The summed E-state index contributed by atoms with van der Waals surface area (Å²) >= 11 is 2.49. The van der Waals surface area contributed by atoms with Gasteiger partial charge in [0.05, 0.1) is 11.7 Å². The van der Waals surface area contributed by atoms with Crippen molar-refractivity contribution in [3.05, 3.63) is 0 Å². The molecular formula is C8H15IO. The lowest BCUT2D eigenvalue weighted by molar-refractivity contribution is -0.0151. The van der Waals surface area contributed by atoms with Crippen molar-refractivity contribution < 1.29 is 4.74 Å². The Hall–Kier alpha value is 0.690. The minimum Gasteiger partial charge on any atom is -0.371 e. The lowest BCUT2D eigenvalue weighted by Crippen LogP contribution is -2.19. The van der Waals surface area contributed by atoms with Crippen LogP contribution in [-0.2, 0) is 4.74 Å². The van der Waals surface area contributed by atoms with Crippen molar-refractivity contribution in [2.45, 2.75) is 49.2 Å².